The SMILES string of the molecule is CN(C)c1nc(C2CCC2c2nc3c(cnn3C3CCC(F)(F)CC3)c(=O)[nH]2)cs1. The quantitative estimate of drug-likeness (QED) is 0.670. The Kier molecular flexibility index (Phi) is 4.64. The molecule has 0 amide bonds. The van der Waals surface area contributed by atoms with Crippen molar-refractivity contribution in [2.45, 2.75) is 62.3 Å². The van der Waals surface area contributed by atoms with Crippen LogP contribution in [-0.4, -0.2) is 44.8 Å². The van der Waals surface area contributed by atoms with E-state index in [0.29, 0.717) is 29.7 Å². The second-order valence-electron chi connectivity index (χ2n) is 8.60. The molecular weight excluding hydrogens is 410 g/mol. The highest BCUT2D eigenvalue weighted by Crippen LogP contribution is 2.48. The van der Waals surface area contributed by atoms with Gasteiger partial charge >= 0.3 is 0 Å². The molecule has 3 aromatic heterocycles. The number of hydrogen-bond acceptors (Lipinski definition) is 6. The summed E-state index contributed by atoms with van der Waals surface area (Å²) in [7, 11) is 3.94. The molecule has 0 radical (unpaired) electrons. The first-order valence-electron chi connectivity index (χ1n) is 10.3. The van der Waals surface area contributed by atoms with Gasteiger partial charge < -0.3 is 9.88 Å². The van der Waals surface area contributed by atoms with E-state index in [0.717, 1.165) is 23.7 Å². The fraction of sp³-hybridized carbons (Fsp3) is 0.600. The summed E-state index contributed by atoms with van der Waals surface area (Å²) < 4.78 is 28.8. The number of thiazole rings is 1. The number of fused-ring (bicyclic) bond motifs is 1. The van der Waals surface area contributed by atoms with Crippen LogP contribution < -0.4 is 10.5 Å². The number of rotatable bonds is 4. The average molecular weight is 435 g/mol. The Morgan fingerprint density at radius 3 is 2.53 bits per heavy atom. The smallest absolute Gasteiger partial charge is 0.262 e. The van der Waals surface area contributed by atoms with Crippen molar-refractivity contribution >= 4 is 27.5 Å². The van der Waals surface area contributed by atoms with Crippen molar-refractivity contribution in [2.24, 2.45) is 0 Å². The molecule has 2 fully saturated rings. The zero-order chi connectivity index (χ0) is 21.0. The van der Waals surface area contributed by atoms with E-state index in [2.05, 4.69) is 15.5 Å². The van der Waals surface area contributed by atoms with Crippen LogP contribution in [0.4, 0.5) is 13.9 Å². The third-order valence-corrected chi connectivity index (χ3v) is 7.44. The molecule has 2 aliphatic rings. The van der Waals surface area contributed by atoms with Gasteiger partial charge in [0.05, 0.1) is 17.9 Å². The molecular formula is C20H24F2N6OS. The van der Waals surface area contributed by atoms with Crippen molar-refractivity contribution in [1.29, 1.82) is 0 Å². The molecule has 0 bridgehead atoms. The molecule has 5 rings (SSSR count). The third kappa shape index (κ3) is 3.30. The maximum absolute atomic E-state index is 13.6. The first kappa shape index (κ1) is 19.6. The number of halogens is 2. The third-order valence-electron chi connectivity index (χ3n) is 6.41. The molecule has 1 N–H and O–H groups in total. The van der Waals surface area contributed by atoms with E-state index in [1.807, 2.05) is 19.0 Å². The predicted molar refractivity (Wildman–Crippen MR) is 112 cm³/mol. The monoisotopic (exact) mass is 434 g/mol. The van der Waals surface area contributed by atoms with Gasteiger partial charge in [-0.2, -0.15) is 5.10 Å². The highest BCUT2D eigenvalue weighted by atomic mass is 32.1. The van der Waals surface area contributed by atoms with Crippen LogP contribution in [0.3, 0.4) is 0 Å². The summed E-state index contributed by atoms with van der Waals surface area (Å²) >= 11 is 1.61. The Morgan fingerprint density at radius 1 is 1.17 bits per heavy atom. The van der Waals surface area contributed by atoms with E-state index in [-0.39, 0.29) is 36.3 Å². The van der Waals surface area contributed by atoms with Crippen molar-refractivity contribution in [3.05, 3.63) is 33.4 Å². The van der Waals surface area contributed by atoms with E-state index in [1.165, 1.54) is 6.20 Å². The molecule has 160 valence electrons. The number of aromatic nitrogens is 5. The first-order valence-corrected chi connectivity index (χ1v) is 11.2. The Hall–Kier alpha value is -2.36. The van der Waals surface area contributed by atoms with Gasteiger partial charge in [0.25, 0.3) is 5.56 Å². The van der Waals surface area contributed by atoms with Crippen molar-refractivity contribution in [1.82, 2.24) is 24.7 Å². The molecule has 0 saturated heterocycles. The van der Waals surface area contributed by atoms with Gasteiger partial charge in [-0.25, -0.2) is 23.4 Å². The molecule has 3 aromatic rings. The molecule has 2 saturated carbocycles. The summed E-state index contributed by atoms with van der Waals surface area (Å²) in [6.07, 6.45) is 3.80. The Bertz CT molecular complexity index is 1130. The molecule has 0 aromatic carbocycles. The van der Waals surface area contributed by atoms with Crippen LogP contribution in [0.15, 0.2) is 16.4 Å². The molecule has 30 heavy (non-hydrogen) atoms. The van der Waals surface area contributed by atoms with Crippen LogP contribution in [0.1, 0.15) is 67.9 Å². The minimum Gasteiger partial charge on any atom is -0.354 e. The van der Waals surface area contributed by atoms with Crippen molar-refractivity contribution < 1.29 is 8.78 Å². The number of nitrogens with zero attached hydrogens (tertiary/aromatic N) is 5. The Morgan fingerprint density at radius 2 is 1.90 bits per heavy atom. The second-order valence-corrected chi connectivity index (χ2v) is 9.44. The van der Waals surface area contributed by atoms with E-state index < -0.39 is 5.92 Å². The number of hydrogen-bond donors (Lipinski definition) is 1. The van der Waals surface area contributed by atoms with Crippen molar-refractivity contribution in [2.75, 3.05) is 19.0 Å². The summed E-state index contributed by atoms with van der Waals surface area (Å²) in [4.78, 5) is 27.1. The van der Waals surface area contributed by atoms with E-state index >= 15 is 0 Å². The number of alkyl halides is 2. The highest BCUT2D eigenvalue weighted by molar-refractivity contribution is 7.13. The lowest BCUT2D eigenvalue weighted by Crippen LogP contribution is -2.28. The second kappa shape index (κ2) is 7.11. The summed E-state index contributed by atoms with van der Waals surface area (Å²) in [5.41, 5.74) is 1.31. The minimum atomic E-state index is -2.60. The molecule has 3 heterocycles. The fourth-order valence-corrected chi connectivity index (χ4v) is 5.32. The van der Waals surface area contributed by atoms with Crippen LogP contribution in [0.5, 0.6) is 0 Å². The standard InChI is InChI=1S/C20H24F2N6OS/c1-27(2)19-24-15(10-30-19)12-3-4-13(12)16-25-17-14(18(29)26-16)9-23-28(17)11-5-7-20(21,22)8-6-11/h9-13H,3-8H2,1-2H3,(H,25,26,29). The first-order chi connectivity index (χ1) is 14.3. The van der Waals surface area contributed by atoms with Gasteiger partial charge in [0.15, 0.2) is 10.8 Å². The molecule has 10 heteroatoms. The summed E-state index contributed by atoms with van der Waals surface area (Å²) in [6.45, 7) is 0. The maximum Gasteiger partial charge on any atom is 0.262 e. The van der Waals surface area contributed by atoms with E-state index in [4.69, 9.17) is 9.97 Å². The van der Waals surface area contributed by atoms with E-state index in [9.17, 15) is 13.6 Å². The normalized spacial score (nSPS) is 24.1. The number of H-pyrrole nitrogens is 1. The largest absolute Gasteiger partial charge is 0.354 e. The highest BCUT2D eigenvalue weighted by Gasteiger charge is 2.39. The van der Waals surface area contributed by atoms with Crippen LogP contribution in [0.2, 0.25) is 0 Å². The van der Waals surface area contributed by atoms with Gasteiger partial charge in [-0.1, -0.05) is 0 Å². The predicted octanol–water partition coefficient (Wildman–Crippen LogP) is 4.05. The van der Waals surface area contributed by atoms with Gasteiger partial charge in [-0.05, 0) is 25.7 Å². The minimum absolute atomic E-state index is 0.0956. The molecule has 2 aliphatic carbocycles. The molecule has 2 atom stereocenters. The summed E-state index contributed by atoms with van der Waals surface area (Å²) in [5, 5.41) is 7.79. The summed E-state index contributed by atoms with van der Waals surface area (Å²) in [6, 6.07) is -0.150. The van der Waals surface area contributed by atoms with Crippen molar-refractivity contribution in [3.8, 4) is 0 Å². The molecule has 2 unspecified atom stereocenters. The van der Waals surface area contributed by atoms with Gasteiger partial charge in [0.1, 0.15) is 11.2 Å². The van der Waals surface area contributed by atoms with Gasteiger partial charge in [-0.15, -0.1) is 11.3 Å². The lowest BCUT2D eigenvalue weighted by atomic mass is 9.71. The van der Waals surface area contributed by atoms with Crippen LogP contribution >= 0.6 is 11.3 Å². The number of anilines is 1. The van der Waals surface area contributed by atoms with Gasteiger partial charge in [0.2, 0.25) is 5.92 Å². The average Bonchev–Trinajstić information content (AvgIpc) is 3.29. The summed E-state index contributed by atoms with van der Waals surface area (Å²) in [5.74, 6) is -1.64. The number of aromatic amines is 1. The molecule has 7 nitrogen and oxygen atoms in total. The zero-order valence-electron chi connectivity index (χ0n) is 16.9. The van der Waals surface area contributed by atoms with Gasteiger partial charge in [0, 0.05) is 44.2 Å². The van der Waals surface area contributed by atoms with Crippen LogP contribution in [0.25, 0.3) is 11.0 Å². The van der Waals surface area contributed by atoms with Crippen LogP contribution in [0, 0.1) is 0 Å². The lowest BCUT2D eigenvalue weighted by Gasteiger charge is -2.34. The number of nitrogens with one attached hydrogen (secondary N) is 1. The Balaban J connectivity index is 1.46. The van der Waals surface area contributed by atoms with Crippen LogP contribution in [-0.2, 0) is 0 Å². The maximum atomic E-state index is 13.6. The zero-order valence-corrected chi connectivity index (χ0v) is 17.8. The lowest BCUT2D eigenvalue weighted by molar-refractivity contribution is -0.0446. The van der Waals surface area contributed by atoms with E-state index in [1.54, 1.807) is 16.0 Å². The molecule has 0 aliphatic heterocycles. The van der Waals surface area contributed by atoms with Gasteiger partial charge in [-0.3, -0.25) is 4.79 Å². The fourth-order valence-electron chi connectivity index (χ4n) is 4.50. The van der Waals surface area contributed by atoms with Crippen molar-refractivity contribution in [3.63, 3.8) is 0 Å². The topological polar surface area (TPSA) is 79.7 Å². The Labute approximate surface area is 176 Å². The molecule has 0 spiro atoms.